The fourth-order valence-electron chi connectivity index (χ4n) is 3.97. The zero-order valence-electron chi connectivity index (χ0n) is 18.7. The summed E-state index contributed by atoms with van der Waals surface area (Å²) in [5.74, 6) is 0.553. The lowest BCUT2D eigenvalue weighted by Crippen LogP contribution is -2.16. The van der Waals surface area contributed by atoms with E-state index in [1.807, 2.05) is 6.92 Å². The molecule has 1 N–H and O–H groups in total. The van der Waals surface area contributed by atoms with E-state index in [0.717, 1.165) is 62.9 Å². The molecule has 1 aliphatic rings. The Hall–Kier alpha value is -2.70. The summed E-state index contributed by atoms with van der Waals surface area (Å²) in [4.78, 5) is 25.4. The number of hydrogen-bond acceptors (Lipinski definition) is 7. The summed E-state index contributed by atoms with van der Waals surface area (Å²) in [6.45, 7) is 3.23. The van der Waals surface area contributed by atoms with Gasteiger partial charge in [-0.05, 0) is 50.7 Å². The Morgan fingerprint density at radius 1 is 1.13 bits per heavy atom. The summed E-state index contributed by atoms with van der Waals surface area (Å²) < 4.78 is 10.3. The lowest BCUT2D eigenvalue weighted by Gasteiger charge is -2.17. The standard InChI is InChI=1S/C24H34N4O3/c1-3-31-23(29)21(19-16-26-24(30-2)27-17-19)12-8-6-4-5-7-11-20-14-13-18-10-9-15-25-22(18)28-20/h13-14,16-17,21H,3-12,15H2,1-2H3,(H,25,28)/t21-/m1/s1. The van der Waals surface area contributed by atoms with E-state index in [1.165, 1.54) is 31.2 Å². The van der Waals surface area contributed by atoms with E-state index in [4.69, 9.17) is 14.5 Å². The molecule has 2 aromatic rings. The first kappa shape index (κ1) is 23.0. The molecule has 168 valence electrons. The highest BCUT2D eigenvalue weighted by Gasteiger charge is 2.22. The number of methoxy groups -OCH3 is 1. The molecule has 0 saturated heterocycles. The maximum atomic E-state index is 12.4. The van der Waals surface area contributed by atoms with Crippen molar-refractivity contribution < 1.29 is 14.3 Å². The molecule has 0 unspecified atom stereocenters. The third kappa shape index (κ3) is 6.91. The van der Waals surface area contributed by atoms with Crippen LogP contribution in [0.4, 0.5) is 5.82 Å². The predicted octanol–water partition coefficient (Wildman–Crippen LogP) is 4.47. The average molecular weight is 427 g/mol. The first-order valence-electron chi connectivity index (χ1n) is 11.5. The number of carbonyl (C=O) groups excluding carboxylic acids is 1. The fraction of sp³-hybridized carbons (Fsp3) is 0.583. The Morgan fingerprint density at radius 2 is 1.90 bits per heavy atom. The van der Waals surface area contributed by atoms with Crippen molar-refractivity contribution in [3.63, 3.8) is 0 Å². The molecule has 0 aromatic carbocycles. The van der Waals surface area contributed by atoms with Gasteiger partial charge in [0, 0.05) is 30.2 Å². The molecule has 0 aliphatic carbocycles. The second kappa shape index (κ2) is 12.2. The number of anilines is 1. The number of aromatic nitrogens is 3. The summed E-state index contributed by atoms with van der Waals surface area (Å²) in [5.41, 5.74) is 3.30. The number of fused-ring (bicyclic) bond motifs is 1. The number of esters is 1. The zero-order valence-corrected chi connectivity index (χ0v) is 18.7. The Kier molecular flexibility index (Phi) is 9.06. The van der Waals surface area contributed by atoms with Gasteiger partial charge in [0.05, 0.1) is 19.6 Å². The van der Waals surface area contributed by atoms with E-state index in [1.54, 1.807) is 12.4 Å². The van der Waals surface area contributed by atoms with Gasteiger partial charge in [-0.3, -0.25) is 4.79 Å². The van der Waals surface area contributed by atoms with Gasteiger partial charge in [-0.2, -0.15) is 0 Å². The minimum atomic E-state index is -0.321. The van der Waals surface area contributed by atoms with Gasteiger partial charge in [0.1, 0.15) is 5.82 Å². The van der Waals surface area contributed by atoms with Crippen LogP contribution < -0.4 is 10.1 Å². The maximum Gasteiger partial charge on any atom is 0.316 e. The summed E-state index contributed by atoms with van der Waals surface area (Å²) in [6.07, 6.45) is 12.9. The molecule has 7 heteroatoms. The largest absolute Gasteiger partial charge is 0.467 e. The molecule has 3 heterocycles. The predicted molar refractivity (Wildman–Crippen MR) is 120 cm³/mol. The van der Waals surface area contributed by atoms with Crippen LogP contribution in [0.2, 0.25) is 0 Å². The zero-order chi connectivity index (χ0) is 21.9. The molecule has 2 aromatic heterocycles. The molecule has 3 rings (SSSR count). The number of nitrogens with one attached hydrogen (secondary N) is 1. The van der Waals surface area contributed by atoms with Crippen molar-refractivity contribution in [2.24, 2.45) is 0 Å². The molecule has 0 fully saturated rings. The maximum absolute atomic E-state index is 12.4. The van der Waals surface area contributed by atoms with E-state index in [0.29, 0.717) is 12.6 Å². The number of aryl methyl sites for hydroxylation is 2. The van der Waals surface area contributed by atoms with Gasteiger partial charge in [0.25, 0.3) is 0 Å². The Labute approximate surface area is 185 Å². The van der Waals surface area contributed by atoms with Crippen LogP contribution in [0.15, 0.2) is 24.5 Å². The van der Waals surface area contributed by atoms with Crippen molar-refractivity contribution in [3.05, 3.63) is 41.3 Å². The average Bonchev–Trinajstić information content (AvgIpc) is 2.81. The summed E-state index contributed by atoms with van der Waals surface area (Å²) in [7, 11) is 1.52. The van der Waals surface area contributed by atoms with Crippen LogP contribution >= 0.6 is 0 Å². The van der Waals surface area contributed by atoms with Crippen LogP contribution in [-0.2, 0) is 22.4 Å². The summed E-state index contributed by atoms with van der Waals surface area (Å²) >= 11 is 0. The molecule has 1 atom stereocenters. The number of unbranched alkanes of at least 4 members (excludes halogenated alkanes) is 4. The quantitative estimate of drug-likeness (QED) is 0.396. The van der Waals surface area contributed by atoms with Gasteiger partial charge >= 0.3 is 12.0 Å². The highest BCUT2D eigenvalue weighted by atomic mass is 16.5. The summed E-state index contributed by atoms with van der Waals surface area (Å²) in [5, 5.41) is 3.41. The van der Waals surface area contributed by atoms with Crippen LogP contribution in [0.5, 0.6) is 6.01 Å². The highest BCUT2D eigenvalue weighted by molar-refractivity contribution is 5.77. The Bertz CT molecular complexity index is 826. The number of carbonyl (C=O) groups is 1. The third-order valence-electron chi connectivity index (χ3n) is 5.68. The van der Waals surface area contributed by atoms with Gasteiger partial charge in [-0.15, -0.1) is 0 Å². The molecule has 0 bridgehead atoms. The Balaban J connectivity index is 1.38. The van der Waals surface area contributed by atoms with E-state index in [9.17, 15) is 4.79 Å². The van der Waals surface area contributed by atoms with E-state index >= 15 is 0 Å². The van der Waals surface area contributed by atoms with Gasteiger partial charge in [-0.25, -0.2) is 15.0 Å². The number of pyridine rings is 1. The lowest BCUT2D eigenvalue weighted by molar-refractivity contribution is -0.145. The number of rotatable bonds is 12. The highest BCUT2D eigenvalue weighted by Crippen LogP contribution is 2.25. The molecule has 0 amide bonds. The van der Waals surface area contributed by atoms with Crippen molar-refractivity contribution in [2.75, 3.05) is 25.6 Å². The first-order chi connectivity index (χ1) is 15.2. The topological polar surface area (TPSA) is 86.2 Å². The van der Waals surface area contributed by atoms with Gasteiger partial charge in [-0.1, -0.05) is 31.7 Å². The first-order valence-corrected chi connectivity index (χ1v) is 11.5. The SMILES string of the molecule is CCOC(=O)[C@H](CCCCCCCc1ccc2c(n1)NCCC2)c1cnc(OC)nc1. The molecule has 7 nitrogen and oxygen atoms in total. The minimum Gasteiger partial charge on any atom is -0.467 e. The second-order valence-corrected chi connectivity index (χ2v) is 7.95. The molecular formula is C24H34N4O3. The van der Waals surface area contributed by atoms with Crippen LogP contribution in [0.3, 0.4) is 0 Å². The van der Waals surface area contributed by atoms with Crippen molar-refractivity contribution in [3.8, 4) is 6.01 Å². The van der Waals surface area contributed by atoms with Crippen molar-refractivity contribution >= 4 is 11.8 Å². The molecule has 1 aliphatic heterocycles. The van der Waals surface area contributed by atoms with E-state index < -0.39 is 0 Å². The van der Waals surface area contributed by atoms with Crippen LogP contribution in [-0.4, -0.2) is 41.2 Å². The van der Waals surface area contributed by atoms with Gasteiger partial charge in [0.2, 0.25) is 0 Å². The minimum absolute atomic E-state index is 0.205. The van der Waals surface area contributed by atoms with E-state index in [2.05, 4.69) is 27.4 Å². The molecule has 31 heavy (non-hydrogen) atoms. The Morgan fingerprint density at radius 3 is 2.68 bits per heavy atom. The van der Waals surface area contributed by atoms with Gasteiger partial charge < -0.3 is 14.8 Å². The molecular weight excluding hydrogens is 392 g/mol. The van der Waals surface area contributed by atoms with E-state index in [-0.39, 0.29) is 11.9 Å². The van der Waals surface area contributed by atoms with Crippen LogP contribution in [0.25, 0.3) is 0 Å². The number of ether oxygens (including phenoxy) is 2. The van der Waals surface area contributed by atoms with Crippen molar-refractivity contribution in [2.45, 2.75) is 70.6 Å². The second-order valence-electron chi connectivity index (χ2n) is 7.95. The monoisotopic (exact) mass is 426 g/mol. The molecule has 0 saturated carbocycles. The smallest absolute Gasteiger partial charge is 0.316 e. The summed E-state index contributed by atoms with van der Waals surface area (Å²) in [6, 6.07) is 4.70. The van der Waals surface area contributed by atoms with Crippen LogP contribution in [0.1, 0.15) is 74.6 Å². The third-order valence-corrected chi connectivity index (χ3v) is 5.68. The van der Waals surface area contributed by atoms with Gasteiger partial charge in [0.15, 0.2) is 0 Å². The molecule has 0 spiro atoms. The molecule has 0 radical (unpaired) electrons. The van der Waals surface area contributed by atoms with Crippen molar-refractivity contribution in [1.82, 2.24) is 15.0 Å². The fourth-order valence-corrected chi connectivity index (χ4v) is 3.97. The van der Waals surface area contributed by atoms with Crippen molar-refractivity contribution in [1.29, 1.82) is 0 Å². The normalized spacial score (nSPS) is 13.7. The number of nitrogens with zero attached hydrogens (tertiary/aromatic N) is 3. The number of hydrogen-bond donors (Lipinski definition) is 1. The lowest BCUT2D eigenvalue weighted by atomic mass is 9.95. The van der Waals surface area contributed by atoms with Crippen LogP contribution in [0, 0.1) is 0 Å².